The number of aliphatic imine (C=N–C) groups is 1. The Morgan fingerprint density at radius 3 is 2.76 bits per heavy atom. The summed E-state index contributed by atoms with van der Waals surface area (Å²) in [6, 6.07) is 11.1. The molecule has 1 N–H and O–H groups in total. The minimum absolute atomic E-state index is 0.363. The van der Waals surface area contributed by atoms with Gasteiger partial charge in [-0.05, 0) is 17.7 Å². The van der Waals surface area contributed by atoms with Gasteiger partial charge in [-0.15, -0.1) is 0 Å². The predicted molar refractivity (Wildman–Crippen MR) is 84.6 cm³/mol. The number of hydrogen-bond acceptors (Lipinski definition) is 5. The van der Waals surface area contributed by atoms with E-state index in [1.807, 2.05) is 36.5 Å². The van der Waals surface area contributed by atoms with Crippen LogP contribution in [0.15, 0.2) is 41.4 Å². The average molecular weight is 299 g/mol. The molecule has 2 rings (SSSR count). The molecule has 0 unspecified atom stereocenters. The van der Waals surface area contributed by atoms with Crippen LogP contribution in [-0.4, -0.2) is 24.5 Å². The van der Waals surface area contributed by atoms with Gasteiger partial charge >= 0.3 is 5.97 Å². The topological polar surface area (TPSA) is 74.5 Å². The molecule has 106 valence electrons. The zero-order chi connectivity index (χ0) is 15.2. The first kappa shape index (κ1) is 14.9. The fraction of sp³-hybridized carbons (Fsp3) is 0.133. The Morgan fingerprint density at radius 1 is 1.33 bits per heavy atom. The third-order valence-corrected chi connectivity index (χ3v) is 3.46. The van der Waals surface area contributed by atoms with Gasteiger partial charge in [0.15, 0.2) is 11.4 Å². The summed E-state index contributed by atoms with van der Waals surface area (Å²) in [6.07, 6.45) is 3.63. The number of nitrogens with zero attached hydrogens (tertiary/aromatic N) is 2. The summed E-state index contributed by atoms with van der Waals surface area (Å²) in [5.74, 6) is -0.461. The molecule has 21 heavy (non-hydrogen) atoms. The molecule has 0 aromatic heterocycles. The number of fused-ring (bicyclic) bond motifs is 1. The highest BCUT2D eigenvalue weighted by Crippen LogP contribution is 2.31. The molecule has 0 saturated heterocycles. The van der Waals surface area contributed by atoms with Crippen molar-refractivity contribution in [3.63, 3.8) is 0 Å². The maximum Gasteiger partial charge on any atom is 0.340 e. The molecule has 0 aliphatic heterocycles. The molecule has 0 spiro atoms. The number of rotatable bonds is 2. The van der Waals surface area contributed by atoms with Crippen LogP contribution in [-0.2, 0) is 4.74 Å². The lowest BCUT2D eigenvalue weighted by Gasteiger charge is -2.09. The number of methoxy groups -OCH3 is 1. The van der Waals surface area contributed by atoms with Crippen LogP contribution in [0.4, 0.5) is 5.69 Å². The number of esters is 1. The molecule has 0 aliphatic carbocycles. The summed E-state index contributed by atoms with van der Waals surface area (Å²) in [7, 11) is 1.33. The van der Waals surface area contributed by atoms with Crippen LogP contribution in [0.1, 0.15) is 10.4 Å². The highest BCUT2D eigenvalue weighted by Gasteiger charge is 2.15. The number of nitriles is 1. The Balaban J connectivity index is 2.72. The quantitative estimate of drug-likeness (QED) is 0.303. The second kappa shape index (κ2) is 6.77. The zero-order valence-electron chi connectivity index (χ0n) is 11.6. The summed E-state index contributed by atoms with van der Waals surface area (Å²) in [5, 5.41) is 13.4. The Hall–Kier alpha value is -2.52. The second-order valence-electron chi connectivity index (χ2n) is 4.03. The van der Waals surface area contributed by atoms with E-state index in [-0.39, 0.29) is 0 Å². The maximum absolute atomic E-state index is 11.9. The van der Waals surface area contributed by atoms with Gasteiger partial charge in [0, 0.05) is 5.39 Å². The van der Waals surface area contributed by atoms with Gasteiger partial charge in [0.05, 0.1) is 18.4 Å². The van der Waals surface area contributed by atoms with Crippen molar-refractivity contribution in [3.05, 3.63) is 42.0 Å². The van der Waals surface area contributed by atoms with E-state index in [2.05, 4.69) is 10.3 Å². The number of amidine groups is 1. The molecule has 2 aromatic carbocycles. The third-order valence-electron chi connectivity index (χ3n) is 2.88. The molecule has 0 radical (unpaired) electrons. The minimum Gasteiger partial charge on any atom is -0.465 e. The molecular weight excluding hydrogens is 286 g/mol. The van der Waals surface area contributed by atoms with Gasteiger partial charge in [-0.3, -0.25) is 5.32 Å². The fourth-order valence-electron chi connectivity index (χ4n) is 1.92. The van der Waals surface area contributed by atoms with Gasteiger partial charge in [0.2, 0.25) is 0 Å². The maximum atomic E-state index is 11.9. The SMILES string of the molecule is COC(=O)c1ccc2ccccc2c1N=C(NC#N)SC. The van der Waals surface area contributed by atoms with E-state index in [1.165, 1.54) is 18.9 Å². The molecule has 0 bridgehead atoms. The third kappa shape index (κ3) is 3.15. The Bertz CT molecular complexity index is 750. The number of ether oxygens (including phenoxy) is 1. The fourth-order valence-corrected chi connectivity index (χ4v) is 2.25. The smallest absolute Gasteiger partial charge is 0.340 e. The number of hydrogen-bond donors (Lipinski definition) is 1. The number of nitrogens with one attached hydrogen (secondary N) is 1. The zero-order valence-corrected chi connectivity index (χ0v) is 12.4. The van der Waals surface area contributed by atoms with Crippen LogP contribution in [0, 0.1) is 11.5 Å². The molecule has 6 heteroatoms. The lowest BCUT2D eigenvalue weighted by molar-refractivity contribution is 0.0602. The van der Waals surface area contributed by atoms with Crippen LogP contribution in [0.5, 0.6) is 0 Å². The monoisotopic (exact) mass is 299 g/mol. The van der Waals surface area contributed by atoms with E-state index >= 15 is 0 Å². The first-order chi connectivity index (χ1) is 10.2. The Kier molecular flexibility index (Phi) is 4.80. The molecule has 0 atom stereocenters. The van der Waals surface area contributed by atoms with Gasteiger partial charge in [-0.25, -0.2) is 9.79 Å². The van der Waals surface area contributed by atoms with Gasteiger partial charge < -0.3 is 4.74 Å². The van der Waals surface area contributed by atoms with E-state index in [0.717, 1.165) is 10.8 Å². The van der Waals surface area contributed by atoms with Gasteiger partial charge in [-0.2, -0.15) is 5.26 Å². The highest BCUT2D eigenvalue weighted by molar-refractivity contribution is 8.13. The number of carbonyl (C=O) groups excluding carboxylic acids is 1. The van der Waals surface area contributed by atoms with Crippen molar-refractivity contribution >= 4 is 39.4 Å². The lowest BCUT2D eigenvalue weighted by Crippen LogP contribution is -2.13. The first-order valence-corrected chi connectivity index (χ1v) is 7.31. The summed E-state index contributed by atoms with van der Waals surface area (Å²) in [4.78, 5) is 16.3. The summed E-state index contributed by atoms with van der Waals surface area (Å²) in [5.41, 5.74) is 0.856. The molecule has 5 nitrogen and oxygen atoms in total. The lowest BCUT2D eigenvalue weighted by atomic mass is 10.0. The summed E-state index contributed by atoms with van der Waals surface area (Å²) >= 11 is 1.29. The van der Waals surface area contributed by atoms with Crippen molar-refractivity contribution < 1.29 is 9.53 Å². The van der Waals surface area contributed by atoms with Gasteiger partial charge in [0.25, 0.3) is 0 Å². The number of benzene rings is 2. The molecule has 2 aromatic rings. The van der Waals surface area contributed by atoms with Crippen LogP contribution in [0.3, 0.4) is 0 Å². The molecule has 0 saturated carbocycles. The van der Waals surface area contributed by atoms with Crippen molar-refractivity contribution in [3.8, 4) is 6.19 Å². The van der Waals surface area contributed by atoms with E-state index in [4.69, 9.17) is 10.00 Å². The van der Waals surface area contributed by atoms with Crippen molar-refractivity contribution in [1.29, 1.82) is 5.26 Å². The number of thioether (sulfide) groups is 1. The second-order valence-corrected chi connectivity index (χ2v) is 4.83. The van der Waals surface area contributed by atoms with E-state index in [9.17, 15) is 4.79 Å². The minimum atomic E-state index is -0.461. The summed E-state index contributed by atoms with van der Waals surface area (Å²) < 4.78 is 4.80. The highest BCUT2D eigenvalue weighted by atomic mass is 32.2. The van der Waals surface area contributed by atoms with Crippen molar-refractivity contribution in [2.75, 3.05) is 13.4 Å². The normalized spacial score (nSPS) is 11.0. The van der Waals surface area contributed by atoms with Crippen LogP contribution >= 0.6 is 11.8 Å². The first-order valence-electron chi connectivity index (χ1n) is 6.09. The Morgan fingerprint density at radius 2 is 2.10 bits per heavy atom. The largest absolute Gasteiger partial charge is 0.465 e. The van der Waals surface area contributed by atoms with Crippen molar-refractivity contribution in [2.45, 2.75) is 0 Å². The predicted octanol–water partition coefficient (Wildman–Crippen LogP) is 3.05. The molecule has 0 amide bonds. The Labute approximate surface area is 126 Å². The van der Waals surface area contributed by atoms with Gasteiger partial charge in [0.1, 0.15) is 0 Å². The van der Waals surface area contributed by atoms with E-state index in [1.54, 1.807) is 12.3 Å². The van der Waals surface area contributed by atoms with Crippen LogP contribution < -0.4 is 5.32 Å². The van der Waals surface area contributed by atoms with Gasteiger partial charge in [-0.1, -0.05) is 42.1 Å². The molecule has 0 fully saturated rings. The molecule has 0 heterocycles. The standard InChI is InChI=1S/C15H13N3O2S/c1-20-14(19)12-8-7-10-5-3-4-6-11(10)13(12)18-15(21-2)17-9-16/h3-8H,1-2H3,(H,17,18). The van der Waals surface area contributed by atoms with E-state index < -0.39 is 5.97 Å². The van der Waals surface area contributed by atoms with E-state index in [0.29, 0.717) is 16.4 Å². The average Bonchev–Trinajstić information content (AvgIpc) is 2.53. The van der Waals surface area contributed by atoms with Crippen LogP contribution in [0.25, 0.3) is 10.8 Å². The van der Waals surface area contributed by atoms with Crippen molar-refractivity contribution in [2.24, 2.45) is 4.99 Å². The van der Waals surface area contributed by atoms with Crippen molar-refractivity contribution in [1.82, 2.24) is 5.32 Å². The summed E-state index contributed by atoms with van der Waals surface area (Å²) in [6.45, 7) is 0. The molecule has 0 aliphatic rings. The number of carbonyl (C=O) groups is 1. The molecular formula is C15H13N3O2S. The van der Waals surface area contributed by atoms with Crippen LogP contribution in [0.2, 0.25) is 0 Å².